The molecule has 3 unspecified atom stereocenters. The van der Waals surface area contributed by atoms with Crippen LogP contribution in [-0.2, 0) is 4.79 Å². The fraction of sp³-hybridized carbons (Fsp3) is 0.957. The number of hydrogen-bond acceptors (Lipinski definition) is 6. The third-order valence-corrected chi connectivity index (χ3v) is 10.8. The van der Waals surface area contributed by atoms with E-state index in [4.69, 9.17) is 0 Å². The van der Waals surface area contributed by atoms with Crippen LogP contribution in [0.5, 0.6) is 0 Å². The van der Waals surface area contributed by atoms with Gasteiger partial charge in [-0.2, -0.15) is 0 Å². The van der Waals surface area contributed by atoms with Crippen molar-refractivity contribution in [2.45, 2.75) is 94.5 Å². The molecular weight excluding hydrogens is 400 g/mol. The van der Waals surface area contributed by atoms with E-state index in [1.807, 2.05) is 18.7 Å². The van der Waals surface area contributed by atoms with E-state index in [9.17, 15) is 20.1 Å². The second-order valence-corrected chi connectivity index (χ2v) is 12.4. The Morgan fingerprint density at radius 3 is 2.63 bits per heavy atom. The molecule has 8 atom stereocenters. The molecule has 4 aliphatic rings. The molecule has 0 spiro atoms. The number of aliphatic hydroxyl groups is 2. The number of quaternary nitrogens is 1. The lowest BCUT2D eigenvalue weighted by molar-refractivity contribution is -0.708. The highest BCUT2D eigenvalue weighted by molar-refractivity contribution is 8.00. The van der Waals surface area contributed by atoms with Crippen molar-refractivity contribution in [3.05, 3.63) is 0 Å². The van der Waals surface area contributed by atoms with Gasteiger partial charge in [0.05, 0.1) is 18.0 Å². The molecule has 0 radical (unpaired) electrons. The van der Waals surface area contributed by atoms with Crippen LogP contribution in [0.2, 0.25) is 0 Å². The molecule has 0 amide bonds. The van der Waals surface area contributed by atoms with Gasteiger partial charge in [-0.3, -0.25) is 5.32 Å². The maximum absolute atomic E-state index is 11.7. The van der Waals surface area contributed by atoms with Gasteiger partial charge in [0.15, 0.2) is 5.50 Å². The zero-order valence-electron chi connectivity index (χ0n) is 18.5. The van der Waals surface area contributed by atoms with Gasteiger partial charge in [-0.25, -0.2) is 0 Å². The van der Waals surface area contributed by atoms with Crippen LogP contribution in [0.25, 0.3) is 0 Å². The summed E-state index contributed by atoms with van der Waals surface area (Å²) in [7, 11) is 0. The molecule has 0 aromatic carbocycles. The van der Waals surface area contributed by atoms with Gasteiger partial charge in [0, 0.05) is 23.8 Å². The lowest BCUT2D eigenvalue weighted by Gasteiger charge is -2.60. The molecular formula is C23H40N2O4S. The van der Waals surface area contributed by atoms with E-state index in [-0.39, 0.29) is 41.8 Å². The Bertz CT molecular complexity index is 630. The second kappa shape index (κ2) is 8.89. The van der Waals surface area contributed by atoms with Gasteiger partial charge in [0.2, 0.25) is 0 Å². The molecule has 1 aliphatic heterocycles. The SMILES string of the molecule is C[C@]1(CO)[C@H]2CC3SC(NCC4CCCCC4)[NH2+]C3[C@@H](CC(=O)[O-])[C@]2(C)CC[C@H]1O. The van der Waals surface area contributed by atoms with Crippen LogP contribution in [0.15, 0.2) is 0 Å². The number of hydrogen-bond donors (Lipinski definition) is 4. The maximum atomic E-state index is 11.7. The summed E-state index contributed by atoms with van der Waals surface area (Å²) in [6.07, 6.45) is 8.59. The molecule has 0 aromatic rings. The lowest BCUT2D eigenvalue weighted by atomic mass is 9.46. The minimum absolute atomic E-state index is 0.00129. The maximum Gasteiger partial charge on any atom is 0.188 e. The third-order valence-electron chi connectivity index (χ3n) is 9.30. The summed E-state index contributed by atoms with van der Waals surface area (Å²) in [4.78, 5) is 11.7. The van der Waals surface area contributed by atoms with E-state index in [0.29, 0.717) is 11.7 Å². The van der Waals surface area contributed by atoms with E-state index in [2.05, 4.69) is 17.6 Å². The van der Waals surface area contributed by atoms with Crippen LogP contribution >= 0.6 is 11.8 Å². The summed E-state index contributed by atoms with van der Waals surface area (Å²) >= 11 is 1.94. The number of aliphatic hydroxyl groups excluding tert-OH is 2. The number of fused-ring (bicyclic) bond motifs is 2. The Kier molecular flexibility index (Phi) is 6.77. The Hall–Kier alpha value is -0.340. The van der Waals surface area contributed by atoms with Gasteiger partial charge < -0.3 is 25.4 Å². The first-order chi connectivity index (χ1) is 14.3. The van der Waals surface area contributed by atoms with Gasteiger partial charge in [-0.15, -0.1) is 0 Å². The molecule has 0 bridgehead atoms. The molecule has 1 saturated heterocycles. The number of aliphatic carboxylic acids is 1. The summed E-state index contributed by atoms with van der Waals surface area (Å²) in [5, 5.41) is 39.2. The lowest BCUT2D eigenvalue weighted by Crippen LogP contribution is -2.97. The van der Waals surface area contributed by atoms with Crippen LogP contribution in [0, 0.1) is 28.6 Å². The molecule has 1 heterocycles. The van der Waals surface area contributed by atoms with Gasteiger partial charge in [0.25, 0.3) is 0 Å². The van der Waals surface area contributed by atoms with Crippen LogP contribution < -0.4 is 15.7 Å². The first kappa shape index (κ1) is 22.8. The van der Waals surface area contributed by atoms with Crippen molar-refractivity contribution in [1.29, 1.82) is 0 Å². The van der Waals surface area contributed by atoms with Crippen molar-refractivity contribution in [3.8, 4) is 0 Å². The van der Waals surface area contributed by atoms with Crippen molar-refractivity contribution in [2.24, 2.45) is 28.6 Å². The molecule has 30 heavy (non-hydrogen) atoms. The summed E-state index contributed by atoms with van der Waals surface area (Å²) in [5.74, 6) is -0.0993. The highest BCUT2D eigenvalue weighted by atomic mass is 32.2. The van der Waals surface area contributed by atoms with Crippen molar-refractivity contribution in [3.63, 3.8) is 0 Å². The number of carboxylic acids is 1. The summed E-state index contributed by atoms with van der Waals surface area (Å²) in [6.45, 7) is 5.20. The van der Waals surface area contributed by atoms with Crippen LogP contribution in [0.3, 0.4) is 0 Å². The number of nitrogens with one attached hydrogen (secondary N) is 1. The van der Waals surface area contributed by atoms with E-state index >= 15 is 0 Å². The molecule has 4 rings (SSSR count). The van der Waals surface area contributed by atoms with Crippen molar-refractivity contribution in [1.82, 2.24) is 5.32 Å². The van der Waals surface area contributed by atoms with Gasteiger partial charge in [-0.05, 0) is 55.8 Å². The van der Waals surface area contributed by atoms with Crippen molar-refractivity contribution < 1.29 is 25.4 Å². The van der Waals surface area contributed by atoms with E-state index in [0.717, 1.165) is 25.3 Å². The largest absolute Gasteiger partial charge is 0.550 e. The number of rotatable bonds is 6. The van der Waals surface area contributed by atoms with Gasteiger partial charge >= 0.3 is 0 Å². The fourth-order valence-electron chi connectivity index (χ4n) is 7.40. The topological polar surface area (TPSA) is 109 Å². The minimum atomic E-state index is -0.977. The Morgan fingerprint density at radius 2 is 1.97 bits per heavy atom. The quantitative estimate of drug-likeness (QED) is 0.477. The van der Waals surface area contributed by atoms with Crippen LogP contribution in [-0.4, -0.2) is 52.2 Å². The molecule has 0 aromatic heterocycles. The predicted molar refractivity (Wildman–Crippen MR) is 115 cm³/mol. The smallest absolute Gasteiger partial charge is 0.188 e. The zero-order chi connectivity index (χ0) is 21.5. The number of carbonyl (C=O) groups is 1. The fourth-order valence-corrected chi connectivity index (χ4v) is 9.01. The zero-order valence-corrected chi connectivity index (χ0v) is 19.3. The first-order valence-electron chi connectivity index (χ1n) is 12.0. The molecule has 4 fully saturated rings. The van der Waals surface area contributed by atoms with Gasteiger partial charge in [-0.1, -0.05) is 44.9 Å². The molecule has 7 heteroatoms. The third kappa shape index (κ3) is 4.05. The highest BCUT2D eigenvalue weighted by Gasteiger charge is 2.64. The minimum Gasteiger partial charge on any atom is -0.550 e. The highest BCUT2D eigenvalue weighted by Crippen LogP contribution is 2.62. The first-order valence-corrected chi connectivity index (χ1v) is 12.9. The monoisotopic (exact) mass is 440 g/mol. The van der Waals surface area contributed by atoms with E-state index in [1.165, 1.54) is 32.1 Å². The van der Waals surface area contributed by atoms with E-state index < -0.39 is 17.5 Å². The van der Waals surface area contributed by atoms with Crippen molar-refractivity contribution >= 4 is 17.7 Å². The molecule has 172 valence electrons. The standard InChI is InChI=1S/C23H40N2O4S/c1-22-9-8-18(27)23(2,13-26)17(22)11-16-20(15(22)10-19(28)29)25-21(30-16)24-12-14-6-4-3-5-7-14/h14-18,20-21,24-27H,3-13H2,1-2H3,(H,28,29)/t15-,16?,17+,18-,20?,21?,22+,23+/m1/s1. The molecule has 3 saturated carbocycles. The second-order valence-electron chi connectivity index (χ2n) is 11.0. The normalized spacial score (nSPS) is 46.9. The van der Waals surface area contributed by atoms with E-state index in [1.54, 1.807) is 0 Å². The summed E-state index contributed by atoms with van der Waals surface area (Å²) in [5.41, 5.74) is -0.510. The number of nitrogens with two attached hydrogens (primary N) is 1. The predicted octanol–water partition coefficient (Wildman–Crippen LogP) is 0.423. The van der Waals surface area contributed by atoms with Gasteiger partial charge in [0.1, 0.15) is 6.04 Å². The molecule has 6 nitrogen and oxygen atoms in total. The molecule has 3 aliphatic carbocycles. The Labute approximate surface area is 185 Å². The van der Waals surface area contributed by atoms with Crippen LogP contribution in [0.4, 0.5) is 0 Å². The average molecular weight is 441 g/mol. The number of carbonyl (C=O) groups excluding carboxylic acids is 1. The number of carboxylic acid groups (broad SMARTS) is 1. The molecule has 5 N–H and O–H groups in total. The Morgan fingerprint density at radius 1 is 1.23 bits per heavy atom. The van der Waals surface area contributed by atoms with Crippen molar-refractivity contribution in [2.75, 3.05) is 13.2 Å². The number of thioether (sulfide) groups is 1. The Balaban J connectivity index is 1.52. The summed E-state index contributed by atoms with van der Waals surface area (Å²) in [6, 6.07) is 0.246. The average Bonchev–Trinajstić information content (AvgIpc) is 3.14. The van der Waals surface area contributed by atoms with Crippen LogP contribution in [0.1, 0.15) is 71.6 Å². The summed E-state index contributed by atoms with van der Waals surface area (Å²) < 4.78 is 0.